The number of hydrogen-bond acceptors (Lipinski definition) is 2. The maximum atomic E-state index is 4.46. The van der Waals surface area contributed by atoms with Gasteiger partial charge in [-0.2, -0.15) is 0 Å². The van der Waals surface area contributed by atoms with Crippen molar-refractivity contribution < 1.29 is 0 Å². The molecule has 110 valence electrons. The summed E-state index contributed by atoms with van der Waals surface area (Å²) in [5, 5.41) is 0. The standard InChI is InChI=1S/C20H20N2/c1-3-8-17(4-2)15-21-19-11-13-20(14-12-19)22-16-18-9-6-5-7-10-18/h3-16H,1-2H3/b8-3-,17-4+,21-15?,22-16?. The Balaban J connectivity index is 2.04. The Labute approximate surface area is 132 Å². The van der Waals surface area contributed by atoms with Gasteiger partial charge in [0.05, 0.1) is 11.4 Å². The van der Waals surface area contributed by atoms with Crippen molar-refractivity contribution in [1.82, 2.24) is 0 Å². The van der Waals surface area contributed by atoms with Crippen LogP contribution in [0.15, 0.2) is 88.4 Å². The van der Waals surface area contributed by atoms with Crippen LogP contribution >= 0.6 is 0 Å². The summed E-state index contributed by atoms with van der Waals surface area (Å²) < 4.78 is 0. The molecule has 2 heteroatoms. The third kappa shape index (κ3) is 4.98. The maximum Gasteiger partial charge on any atom is 0.0631 e. The van der Waals surface area contributed by atoms with E-state index in [1.807, 2.05) is 99.1 Å². The lowest BCUT2D eigenvalue weighted by Crippen LogP contribution is -1.79. The second kappa shape index (κ2) is 8.53. The highest BCUT2D eigenvalue weighted by Gasteiger charge is 1.91. The van der Waals surface area contributed by atoms with Crippen LogP contribution in [0.5, 0.6) is 0 Å². The molecule has 2 nitrogen and oxygen atoms in total. The molecule has 0 bridgehead atoms. The fraction of sp³-hybridized carbons (Fsp3) is 0.100. The molecular formula is C20H20N2. The first-order valence-electron chi connectivity index (χ1n) is 7.34. The van der Waals surface area contributed by atoms with Gasteiger partial charge in [0, 0.05) is 12.4 Å². The zero-order valence-corrected chi connectivity index (χ0v) is 13.0. The SMILES string of the molecule is C/C=C\C(C=Nc1ccc(N=Cc2ccccc2)cc1)=C/C. The molecule has 0 aromatic heterocycles. The van der Waals surface area contributed by atoms with E-state index in [4.69, 9.17) is 0 Å². The van der Waals surface area contributed by atoms with Gasteiger partial charge in [0.1, 0.15) is 0 Å². The molecular weight excluding hydrogens is 268 g/mol. The van der Waals surface area contributed by atoms with Gasteiger partial charge in [-0.15, -0.1) is 0 Å². The van der Waals surface area contributed by atoms with Gasteiger partial charge in [0.25, 0.3) is 0 Å². The molecule has 0 saturated heterocycles. The highest BCUT2D eigenvalue weighted by Crippen LogP contribution is 2.18. The first-order valence-corrected chi connectivity index (χ1v) is 7.34. The van der Waals surface area contributed by atoms with E-state index in [-0.39, 0.29) is 0 Å². The summed E-state index contributed by atoms with van der Waals surface area (Å²) in [6.07, 6.45) is 9.79. The van der Waals surface area contributed by atoms with E-state index < -0.39 is 0 Å². The van der Waals surface area contributed by atoms with Crippen molar-refractivity contribution in [2.45, 2.75) is 13.8 Å². The van der Waals surface area contributed by atoms with Gasteiger partial charge in [-0.3, -0.25) is 9.98 Å². The molecule has 2 aromatic rings. The van der Waals surface area contributed by atoms with E-state index >= 15 is 0 Å². The van der Waals surface area contributed by atoms with Crippen molar-refractivity contribution in [3.63, 3.8) is 0 Å². The van der Waals surface area contributed by atoms with Gasteiger partial charge < -0.3 is 0 Å². The third-order valence-electron chi connectivity index (χ3n) is 3.07. The van der Waals surface area contributed by atoms with E-state index in [0.29, 0.717) is 0 Å². The van der Waals surface area contributed by atoms with Crippen molar-refractivity contribution >= 4 is 23.8 Å². The van der Waals surface area contributed by atoms with Crippen molar-refractivity contribution in [2.24, 2.45) is 9.98 Å². The van der Waals surface area contributed by atoms with E-state index in [0.717, 1.165) is 22.5 Å². The largest absolute Gasteiger partial charge is 0.256 e. The minimum absolute atomic E-state index is 0.919. The lowest BCUT2D eigenvalue weighted by molar-refractivity contribution is 1.48. The topological polar surface area (TPSA) is 24.7 Å². The Morgan fingerprint density at radius 1 is 0.818 bits per heavy atom. The summed E-state index contributed by atoms with van der Waals surface area (Å²) in [4.78, 5) is 8.92. The highest BCUT2D eigenvalue weighted by atomic mass is 14.7. The summed E-state index contributed by atoms with van der Waals surface area (Å²) in [5.74, 6) is 0. The number of allylic oxidation sites excluding steroid dienone is 4. The Kier molecular flexibility index (Phi) is 6.06. The van der Waals surface area contributed by atoms with Gasteiger partial charge in [0.15, 0.2) is 0 Å². The van der Waals surface area contributed by atoms with Gasteiger partial charge in [-0.1, -0.05) is 48.6 Å². The molecule has 22 heavy (non-hydrogen) atoms. The lowest BCUT2D eigenvalue weighted by atomic mass is 10.2. The zero-order chi connectivity index (χ0) is 15.6. The second-order valence-corrected chi connectivity index (χ2v) is 4.73. The van der Waals surface area contributed by atoms with Crippen LogP contribution in [0.4, 0.5) is 11.4 Å². The molecule has 2 rings (SSSR count). The van der Waals surface area contributed by atoms with E-state index in [1.165, 1.54) is 0 Å². The van der Waals surface area contributed by atoms with Crippen LogP contribution in [0.2, 0.25) is 0 Å². The van der Waals surface area contributed by atoms with Crippen molar-refractivity contribution in [3.8, 4) is 0 Å². The van der Waals surface area contributed by atoms with Crippen LogP contribution in [0.25, 0.3) is 0 Å². The molecule has 0 aliphatic carbocycles. The van der Waals surface area contributed by atoms with E-state index in [9.17, 15) is 0 Å². The molecule has 0 heterocycles. The van der Waals surface area contributed by atoms with E-state index in [1.54, 1.807) is 0 Å². The molecule has 0 saturated carbocycles. The summed E-state index contributed by atoms with van der Waals surface area (Å²) >= 11 is 0. The molecule has 0 radical (unpaired) electrons. The molecule has 0 spiro atoms. The number of rotatable bonds is 5. The predicted octanol–water partition coefficient (Wildman–Crippen LogP) is 5.66. The predicted molar refractivity (Wildman–Crippen MR) is 96.9 cm³/mol. The van der Waals surface area contributed by atoms with Crippen LogP contribution < -0.4 is 0 Å². The van der Waals surface area contributed by atoms with Crippen molar-refractivity contribution in [2.75, 3.05) is 0 Å². The van der Waals surface area contributed by atoms with Crippen LogP contribution in [0, 0.1) is 0 Å². The summed E-state index contributed by atoms with van der Waals surface area (Å²) in [5.41, 5.74) is 4.02. The molecule has 0 fully saturated rings. The van der Waals surface area contributed by atoms with Crippen LogP contribution in [0.1, 0.15) is 19.4 Å². The molecule has 0 N–H and O–H groups in total. The minimum Gasteiger partial charge on any atom is -0.256 e. The molecule has 0 unspecified atom stereocenters. The quantitative estimate of drug-likeness (QED) is 0.501. The highest BCUT2D eigenvalue weighted by molar-refractivity contribution is 5.84. The van der Waals surface area contributed by atoms with Crippen LogP contribution in [-0.4, -0.2) is 12.4 Å². The Bertz CT molecular complexity index is 690. The average molecular weight is 288 g/mol. The fourth-order valence-corrected chi connectivity index (χ4v) is 1.87. The molecule has 0 aliphatic rings. The first-order chi connectivity index (χ1) is 10.8. The van der Waals surface area contributed by atoms with Crippen LogP contribution in [0.3, 0.4) is 0 Å². The number of aliphatic imine (C=N–C) groups is 2. The van der Waals surface area contributed by atoms with Crippen molar-refractivity contribution in [3.05, 3.63) is 84.0 Å². The average Bonchev–Trinajstić information content (AvgIpc) is 2.58. The Morgan fingerprint density at radius 3 is 2.05 bits per heavy atom. The van der Waals surface area contributed by atoms with Gasteiger partial charge >= 0.3 is 0 Å². The van der Waals surface area contributed by atoms with Crippen molar-refractivity contribution in [1.29, 1.82) is 0 Å². The maximum absolute atomic E-state index is 4.46. The zero-order valence-electron chi connectivity index (χ0n) is 13.0. The molecule has 0 aliphatic heterocycles. The second-order valence-electron chi connectivity index (χ2n) is 4.73. The fourth-order valence-electron chi connectivity index (χ4n) is 1.87. The molecule has 0 atom stereocenters. The monoisotopic (exact) mass is 288 g/mol. The molecule has 0 amide bonds. The minimum atomic E-state index is 0.919. The summed E-state index contributed by atoms with van der Waals surface area (Å²) in [7, 11) is 0. The molecule has 2 aromatic carbocycles. The number of hydrogen-bond donors (Lipinski definition) is 0. The van der Waals surface area contributed by atoms with Gasteiger partial charge in [-0.25, -0.2) is 0 Å². The summed E-state index contributed by atoms with van der Waals surface area (Å²) in [6.45, 7) is 4.00. The Hall–Kier alpha value is -2.74. The third-order valence-corrected chi connectivity index (χ3v) is 3.07. The van der Waals surface area contributed by atoms with Gasteiger partial charge in [0.2, 0.25) is 0 Å². The smallest absolute Gasteiger partial charge is 0.0631 e. The first kappa shape index (κ1) is 15.6. The normalized spacial score (nSPS) is 12.7. The summed E-state index contributed by atoms with van der Waals surface area (Å²) in [6, 6.07) is 17.9. The van der Waals surface area contributed by atoms with Gasteiger partial charge in [-0.05, 0) is 49.2 Å². The van der Waals surface area contributed by atoms with Crippen LogP contribution in [-0.2, 0) is 0 Å². The van der Waals surface area contributed by atoms with E-state index in [2.05, 4.69) is 9.98 Å². The lowest BCUT2D eigenvalue weighted by Gasteiger charge is -1.97. The number of nitrogens with zero attached hydrogens (tertiary/aromatic N) is 2. The number of benzene rings is 2. The Morgan fingerprint density at radius 2 is 1.45 bits per heavy atom.